The van der Waals surface area contributed by atoms with Crippen LogP contribution in [-0.2, 0) is 0 Å². The second-order valence-electron chi connectivity index (χ2n) is 2.17. The molecule has 0 aliphatic heterocycles. The van der Waals surface area contributed by atoms with Crippen LogP contribution in [-0.4, -0.2) is 31.7 Å². The highest BCUT2D eigenvalue weighted by Gasteiger charge is 2.26. The van der Waals surface area contributed by atoms with Crippen molar-refractivity contribution in [2.24, 2.45) is 0 Å². The molecule has 0 amide bonds. The molecule has 56 valence electrons. The third-order valence-corrected chi connectivity index (χ3v) is 0.842. The van der Waals surface area contributed by atoms with E-state index in [1.165, 1.54) is 4.90 Å². The van der Waals surface area contributed by atoms with Gasteiger partial charge in [-0.1, -0.05) is 0 Å². The van der Waals surface area contributed by atoms with Crippen LogP contribution in [0.25, 0.3) is 0 Å². The van der Waals surface area contributed by atoms with Crippen molar-refractivity contribution < 1.29 is 13.2 Å². The monoisotopic (exact) mass is 141 g/mol. The predicted octanol–water partition coefficient (Wildman–Crippen LogP) is 1.50. The van der Waals surface area contributed by atoms with Gasteiger partial charge in [0.15, 0.2) is 0 Å². The van der Waals surface area contributed by atoms with Crippen LogP contribution in [0.5, 0.6) is 0 Å². The molecule has 0 aromatic heterocycles. The zero-order valence-corrected chi connectivity index (χ0v) is 5.50. The van der Waals surface area contributed by atoms with Gasteiger partial charge in [-0.2, -0.15) is 13.2 Å². The average Bonchev–Trinajstić information content (AvgIpc) is 1.59. The van der Waals surface area contributed by atoms with Crippen LogP contribution in [0.3, 0.4) is 0 Å². The fourth-order valence-corrected chi connectivity index (χ4v) is 0.350. The summed E-state index contributed by atoms with van der Waals surface area (Å²) in [6, 6.07) is 0. The Morgan fingerprint density at radius 3 is 1.78 bits per heavy atom. The van der Waals surface area contributed by atoms with E-state index in [2.05, 4.69) is 0 Å². The van der Waals surface area contributed by atoms with E-state index in [4.69, 9.17) is 0 Å². The molecular formula is C5H10F3N. The molecule has 0 aromatic rings. The van der Waals surface area contributed by atoms with Gasteiger partial charge in [0, 0.05) is 6.54 Å². The number of nitrogens with zero attached hydrogens (tertiary/aromatic N) is 1. The summed E-state index contributed by atoms with van der Waals surface area (Å²) in [6.45, 7) is 0.0729. The van der Waals surface area contributed by atoms with Gasteiger partial charge >= 0.3 is 6.18 Å². The van der Waals surface area contributed by atoms with E-state index in [0.29, 0.717) is 0 Å². The van der Waals surface area contributed by atoms with Gasteiger partial charge in [-0.3, -0.25) is 0 Å². The zero-order chi connectivity index (χ0) is 7.49. The lowest BCUT2D eigenvalue weighted by molar-refractivity contribution is -0.136. The van der Waals surface area contributed by atoms with Gasteiger partial charge in [0.1, 0.15) is 0 Å². The maximum atomic E-state index is 11.4. The highest BCUT2D eigenvalue weighted by molar-refractivity contribution is 4.52. The summed E-state index contributed by atoms with van der Waals surface area (Å²) in [5.74, 6) is 0. The summed E-state index contributed by atoms with van der Waals surface area (Å²) >= 11 is 0. The van der Waals surface area contributed by atoms with Crippen LogP contribution in [0.15, 0.2) is 0 Å². The third kappa shape index (κ3) is 7.75. The second kappa shape index (κ2) is 3.06. The molecule has 0 aliphatic rings. The summed E-state index contributed by atoms with van der Waals surface area (Å²) in [4.78, 5) is 1.51. The Labute approximate surface area is 52.5 Å². The fraction of sp³-hybridized carbons (Fsp3) is 1.00. The lowest BCUT2D eigenvalue weighted by Gasteiger charge is -2.10. The first kappa shape index (κ1) is 8.75. The van der Waals surface area contributed by atoms with Gasteiger partial charge in [0.2, 0.25) is 0 Å². The molecule has 0 bridgehead atoms. The molecule has 4 heteroatoms. The quantitative estimate of drug-likeness (QED) is 0.563. The largest absolute Gasteiger partial charge is 0.390 e. The Morgan fingerprint density at radius 1 is 1.22 bits per heavy atom. The first-order valence-corrected chi connectivity index (χ1v) is 2.63. The Bertz CT molecular complexity index is 76.8. The number of rotatable bonds is 2. The molecule has 0 rings (SSSR count). The fourth-order valence-electron chi connectivity index (χ4n) is 0.350. The van der Waals surface area contributed by atoms with Gasteiger partial charge in [-0.05, 0) is 14.1 Å². The van der Waals surface area contributed by atoms with Crippen molar-refractivity contribution in [1.82, 2.24) is 4.90 Å². The molecule has 0 unspecified atom stereocenters. The van der Waals surface area contributed by atoms with E-state index in [1.807, 2.05) is 0 Å². The highest BCUT2D eigenvalue weighted by atomic mass is 19.4. The zero-order valence-electron chi connectivity index (χ0n) is 5.50. The third-order valence-electron chi connectivity index (χ3n) is 0.842. The van der Waals surface area contributed by atoms with Crippen LogP contribution >= 0.6 is 0 Å². The molecular weight excluding hydrogens is 131 g/mol. The van der Waals surface area contributed by atoms with Crippen molar-refractivity contribution in [3.8, 4) is 0 Å². The molecule has 0 atom stereocenters. The minimum Gasteiger partial charge on any atom is -0.309 e. The van der Waals surface area contributed by atoms with E-state index >= 15 is 0 Å². The Morgan fingerprint density at radius 2 is 1.67 bits per heavy atom. The Kier molecular flexibility index (Phi) is 2.97. The first-order chi connectivity index (χ1) is 3.92. The van der Waals surface area contributed by atoms with Crippen LogP contribution < -0.4 is 0 Å². The van der Waals surface area contributed by atoms with Gasteiger partial charge < -0.3 is 4.90 Å². The van der Waals surface area contributed by atoms with Gasteiger partial charge in [-0.25, -0.2) is 0 Å². The van der Waals surface area contributed by atoms with Crippen molar-refractivity contribution in [3.05, 3.63) is 0 Å². The summed E-state index contributed by atoms with van der Waals surface area (Å²) < 4.78 is 34.2. The molecule has 0 spiro atoms. The molecule has 0 aliphatic carbocycles. The summed E-state index contributed by atoms with van der Waals surface area (Å²) in [7, 11) is 3.23. The van der Waals surface area contributed by atoms with E-state index in [1.54, 1.807) is 14.1 Å². The molecule has 0 aromatic carbocycles. The standard InChI is InChI=1S/C5H10F3N/c1-9(2)4-3-5(6,7)8/h3-4H2,1-2H3. The van der Waals surface area contributed by atoms with E-state index in [-0.39, 0.29) is 6.54 Å². The molecule has 0 saturated carbocycles. The number of hydrogen-bond acceptors (Lipinski definition) is 1. The van der Waals surface area contributed by atoms with Crippen LogP contribution in [0.4, 0.5) is 13.2 Å². The topological polar surface area (TPSA) is 3.24 Å². The van der Waals surface area contributed by atoms with Crippen LogP contribution in [0, 0.1) is 0 Å². The lowest BCUT2D eigenvalue weighted by atomic mass is 10.4. The SMILES string of the molecule is CN(C)CCC(F)(F)F. The van der Waals surface area contributed by atoms with Crippen molar-refractivity contribution in [1.29, 1.82) is 0 Å². The molecule has 0 saturated heterocycles. The predicted molar refractivity (Wildman–Crippen MR) is 29.2 cm³/mol. The van der Waals surface area contributed by atoms with Crippen LogP contribution in [0.2, 0.25) is 0 Å². The number of hydrogen-bond donors (Lipinski definition) is 0. The maximum Gasteiger partial charge on any atom is 0.390 e. The van der Waals surface area contributed by atoms with Crippen LogP contribution in [0.1, 0.15) is 6.42 Å². The summed E-state index contributed by atoms with van der Waals surface area (Å²) in [5, 5.41) is 0. The van der Waals surface area contributed by atoms with Crippen molar-refractivity contribution in [2.75, 3.05) is 20.6 Å². The molecule has 0 heterocycles. The van der Waals surface area contributed by atoms with Gasteiger partial charge in [-0.15, -0.1) is 0 Å². The second-order valence-corrected chi connectivity index (χ2v) is 2.17. The number of alkyl halides is 3. The first-order valence-electron chi connectivity index (χ1n) is 2.63. The van der Waals surface area contributed by atoms with Crippen molar-refractivity contribution in [2.45, 2.75) is 12.6 Å². The van der Waals surface area contributed by atoms with Gasteiger partial charge in [0.25, 0.3) is 0 Å². The van der Waals surface area contributed by atoms with Crippen molar-refractivity contribution in [3.63, 3.8) is 0 Å². The molecule has 9 heavy (non-hydrogen) atoms. The normalized spacial score (nSPS) is 12.7. The van der Waals surface area contributed by atoms with E-state index in [9.17, 15) is 13.2 Å². The molecule has 1 nitrogen and oxygen atoms in total. The van der Waals surface area contributed by atoms with E-state index in [0.717, 1.165) is 0 Å². The average molecular weight is 141 g/mol. The smallest absolute Gasteiger partial charge is 0.309 e. The summed E-state index contributed by atoms with van der Waals surface area (Å²) in [5.41, 5.74) is 0. The Balaban J connectivity index is 3.28. The molecule has 0 N–H and O–H groups in total. The Hall–Kier alpha value is -0.250. The minimum absolute atomic E-state index is 0.0729. The van der Waals surface area contributed by atoms with E-state index < -0.39 is 12.6 Å². The lowest BCUT2D eigenvalue weighted by Crippen LogP contribution is -2.20. The maximum absolute atomic E-state index is 11.4. The minimum atomic E-state index is -4.01. The molecule has 0 radical (unpaired) electrons. The van der Waals surface area contributed by atoms with Gasteiger partial charge in [0.05, 0.1) is 6.42 Å². The van der Waals surface area contributed by atoms with Crippen molar-refractivity contribution >= 4 is 0 Å². The highest BCUT2D eigenvalue weighted by Crippen LogP contribution is 2.18. The summed E-state index contributed by atoms with van der Waals surface area (Å²) in [6.07, 6.45) is -4.73. The molecule has 0 fully saturated rings. The number of halogens is 3.